The highest BCUT2D eigenvalue weighted by Gasteiger charge is 2.37. The lowest BCUT2D eigenvalue weighted by atomic mass is 9.98. The average Bonchev–Trinajstić information content (AvgIpc) is 2.79. The molecule has 0 radical (unpaired) electrons. The Balaban J connectivity index is 1.73. The molecule has 0 amide bonds. The van der Waals surface area contributed by atoms with Crippen molar-refractivity contribution in [1.29, 1.82) is 0 Å². The Kier molecular flexibility index (Phi) is 5.69. The van der Waals surface area contributed by atoms with Gasteiger partial charge in [-0.1, -0.05) is 0 Å². The molecule has 120 valence electrons. The Labute approximate surface area is 137 Å². The molecule has 2 rings (SSSR count). The number of rotatable bonds is 6. The maximum atomic E-state index is 6.12. The molecule has 1 aromatic rings. The Hall–Kier alpha value is -0.160. The number of thiazole rings is 1. The van der Waals surface area contributed by atoms with E-state index in [1.54, 1.807) is 11.3 Å². The van der Waals surface area contributed by atoms with Gasteiger partial charge in [0.25, 0.3) is 0 Å². The van der Waals surface area contributed by atoms with Crippen LogP contribution in [0.5, 0.6) is 0 Å². The second-order valence-electron chi connectivity index (χ2n) is 7.16. The van der Waals surface area contributed by atoms with Gasteiger partial charge in [-0.2, -0.15) is 0 Å². The largest absolute Gasteiger partial charge is 0.367 e. The van der Waals surface area contributed by atoms with Gasteiger partial charge in [-0.3, -0.25) is 4.90 Å². The van der Waals surface area contributed by atoms with Crippen molar-refractivity contribution in [2.75, 3.05) is 19.6 Å². The maximum absolute atomic E-state index is 6.12. The van der Waals surface area contributed by atoms with Gasteiger partial charge >= 0.3 is 0 Å². The highest BCUT2D eigenvalue weighted by atomic mass is 35.5. The van der Waals surface area contributed by atoms with Crippen LogP contribution in [0.2, 0.25) is 0 Å². The molecule has 21 heavy (non-hydrogen) atoms. The summed E-state index contributed by atoms with van der Waals surface area (Å²) in [6.07, 6.45) is 3.47. The van der Waals surface area contributed by atoms with Crippen LogP contribution in [0.3, 0.4) is 0 Å². The van der Waals surface area contributed by atoms with E-state index in [4.69, 9.17) is 16.3 Å². The number of hydrogen-bond acceptors (Lipinski definition) is 4. The van der Waals surface area contributed by atoms with Crippen molar-refractivity contribution in [2.24, 2.45) is 0 Å². The van der Waals surface area contributed by atoms with Crippen LogP contribution in [0, 0.1) is 0 Å². The number of halogens is 1. The summed E-state index contributed by atoms with van der Waals surface area (Å²) in [6.45, 7) is 11.9. The van der Waals surface area contributed by atoms with Gasteiger partial charge in [0.05, 0.1) is 27.8 Å². The van der Waals surface area contributed by atoms with Crippen LogP contribution in [-0.4, -0.2) is 40.7 Å². The van der Waals surface area contributed by atoms with Gasteiger partial charge in [0.15, 0.2) is 0 Å². The number of alkyl halides is 1. The average molecular weight is 331 g/mol. The number of nitrogens with zero attached hydrogens (tertiary/aromatic N) is 2. The van der Waals surface area contributed by atoms with Crippen LogP contribution < -0.4 is 0 Å². The molecule has 0 saturated carbocycles. The van der Waals surface area contributed by atoms with Gasteiger partial charge in [0.1, 0.15) is 0 Å². The van der Waals surface area contributed by atoms with E-state index in [0.29, 0.717) is 5.88 Å². The fourth-order valence-corrected chi connectivity index (χ4v) is 4.31. The predicted octanol–water partition coefficient (Wildman–Crippen LogP) is 4.09. The highest BCUT2D eigenvalue weighted by molar-refractivity contribution is 7.09. The van der Waals surface area contributed by atoms with E-state index in [0.717, 1.165) is 31.7 Å². The summed E-state index contributed by atoms with van der Waals surface area (Å²) >= 11 is 7.51. The zero-order valence-corrected chi connectivity index (χ0v) is 15.2. The summed E-state index contributed by atoms with van der Waals surface area (Å²) in [5.41, 5.74) is 0.909. The highest BCUT2D eigenvalue weighted by Crippen LogP contribution is 2.28. The van der Waals surface area contributed by atoms with Crippen LogP contribution in [0.1, 0.15) is 51.2 Å². The SMILES string of the molecule is CC1(C)CN(CCCCc2nc(CCl)cs2)CC(C)(C)O1. The summed E-state index contributed by atoms with van der Waals surface area (Å²) < 4.78 is 6.12. The Morgan fingerprint density at radius 3 is 2.48 bits per heavy atom. The van der Waals surface area contributed by atoms with E-state index in [1.807, 2.05) is 0 Å². The second kappa shape index (κ2) is 6.95. The van der Waals surface area contributed by atoms with Crippen molar-refractivity contribution in [3.05, 3.63) is 16.1 Å². The molecule has 0 atom stereocenters. The fourth-order valence-electron chi connectivity index (χ4n) is 3.24. The number of aryl methyl sites for hydroxylation is 1. The maximum Gasteiger partial charge on any atom is 0.0928 e. The molecular weight excluding hydrogens is 304 g/mol. The minimum Gasteiger partial charge on any atom is -0.367 e. The number of morpholine rings is 1. The van der Waals surface area contributed by atoms with Gasteiger partial charge in [0, 0.05) is 18.5 Å². The lowest BCUT2D eigenvalue weighted by Crippen LogP contribution is -2.57. The second-order valence-corrected chi connectivity index (χ2v) is 8.37. The van der Waals surface area contributed by atoms with E-state index in [9.17, 15) is 0 Å². The summed E-state index contributed by atoms with van der Waals surface area (Å²) in [5.74, 6) is 0.522. The molecule has 2 heterocycles. The standard InChI is InChI=1S/C16H27ClN2OS/c1-15(2)11-19(12-16(3,4)20-15)8-6-5-7-14-18-13(9-17)10-21-14/h10H,5-9,11-12H2,1-4H3. The Morgan fingerprint density at radius 1 is 1.24 bits per heavy atom. The van der Waals surface area contributed by atoms with Gasteiger partial charge in [-0.25, -0.2) is 4.98 Å². The van der Waals surface area contributed by atoms with Crippen LogP contribution in [0.25, 0.3) is 0 Å². The fraction of sp³-hybridized carbons (Fsp3) is 0.812. The Bertz CT molecular complexity index is 443. The number of unbranched alkanes of at least 4 members (excludes halogenated alkanes) is 1. The molecule has 3 nitrogen and oxygen atoms in total. The van der Waals surface area contributed by atoms with Crippen LogP contribution in [0.15, 0.2) is 5.38 Å². The molecule has 1 fully saturated rings. The first-order chi connectivity index (χ1) is 9.80. The molecule has 0 bridgehead atoms. The third kappa shape index (κ3) is 5.51. The molecular formula is C16H27ClN2OS. The molecule has 5 heteroatoms. The molecule has 0 unspecified atom stereocenters. The van der Waals surface area contributed by atoms with Crippen LogP contribution in [-0.2, 0) is 17.0 Å². The van der Waals surface area contributed by atoms with Gasteiger partial charge < -0.3 is 4.74 Å². The summed E-state index contributed by atoms with van der Waals surface area (Å²) in [5, 5.41) is 3.28. The number of ether oxygens (including phenoxy) is 1. The lowest BCUT2D eigenvalue weighted by molar-refractivity contribution is -0.180. The van der Waals surface area contributed by atoms with Crippen molar-refractivity contribution in [3.8, 4) is 0 Å². The van der Waals surface area contributed by atoms with Crippen molar-refractivity contribution in [2.45, 2.75) is 64.0 Å². The summed E-state index contributed by atoms with van der Waals surface area (Å²) in [6, 6.07) is 0. The van der Waals surface area contributed by atoms with Crippen LogP contribution in [0.4, 0.5) is 0 Å². The zero-order chi connectivity index (χ0) is 15.5. The minimum absolute atomic E-state index is 0.0493. The summed E-state index contributed by atoms with van der Waals surface area (Å²) in [7, 11) is 0. The topological polar surface area (TPSA) is 25.4 Å². The van der Waals surface area contributed by atoms with Crippen LogP contribution >= 0.6 is 22.9 Å². The Morgan fingerprint density at radius 2 is 1.90 bits per heavy atom. The van der Waals surface area contributed by atoms with Crippen molar-refractivity contribution >= 4 is 22.9 Å². The van der Waals surface area contributed by atoms with E-state index in [-0.39, 0.29) is 11.2 Å². The third-order valence-corrected chi connectivity index (χ3v) is 4.84. The van der Waals surface area contributed by atoms with E-state index >= 15 is 0 Å². The molecule has 0 aliphatic carbocycles. The quantitative estimate of drug-likeness (QED) is 0.580. The first kappa shape index (κ1) is 17.2. The molecule has 1 aliphatic heterocycles. The first-order valence-electron chi connectivity index (χ1n) is 7.71. The van der Waals surface area contributed by atoms with Gasteiger partial charge in [-0.15, -0.1) is 22.9 Å². The van der Waals surface area contributed by atoms with E-state index < -0.39 is 0 Å². The number of hydrogen-bond donors (Lipinski definition) is 0. The third-order valence-electron chi connectivity index (χ3n) is 3.61. The molecule has 0 N–H and O–H groups in total. The molecule has 1 saturated heterocycles. The zero-order valence-electron chi connectivity index (χ0n) is 13.6. The minimum atomic E-state index is -0.0493. The summed E-state index contributed by atoms with van der Waals surface area (Å²) in [4.78, 5) is 7.05. The van der Waals surface area contributed by atoms with Crippen molar-refractivity contribution in [3.63, 3.8) is 0 Å². The van der Waals surface area contributed by atoms with Gasteiger partial charge in [0.2, 0.25) is 0 Å². The molecule has 0 spiro atoms. The number of aromatic nitrogens is 1. The van der Waals surface area contributed by atoms with E-state index in [2.05, 4.69) is 43.0 Å². The first-order valence-corrected chi connectivity index (χ1v) is 9.13. The molecule has 1 aromatic heterocycles. The van der Waals surface area contributed by atoms with Crippen molar-refractivity contribution < 1.29 is 4.74 Å². The smallest absolute Gasteiger partial charge is 0.0928 e. The molecule has 0 aromatic carbocycles. The van der Waals surface area contributed by atoms with Gasteiger partial charge in [-0.05, 0) is 53.5 Å². The normalized spacial score (nSPS) is 21.6. The predicted molar refractivity (Wildman–Crippen MR) is 90.3 cm³/mol. The van der Waals surface area contributed by atoms with E-state index in [1.165, 1.54) is 17.8 Å². The monoisotopic (exact) mass is 330 g/mol. The lowest BCUT2D eigenvalue weighted by Gasteiger charge is -2.47. The van der Waals surface area contributed by atoms with Crippen molar-refractivity contribution in [1.82, 2.24) is 9.88 Å². The molecule has 1 aliphatic rings.